The van der Waals surface area contributed by atoms with Crippen LogP contribution in [0.1, 0.15) is 31.1 Å². The van der Waals surface area contributed by atoms with Crippen LogP contribution in [0.25, 0.3) is 11.2 Å². The summed E-state index contributed by atoms with van der Waals surface area (Å²) in [6, 6.07) is 9.27. The molecule has 1 aromatic carbocycles. The van der Waals surface area contributed by atoms with Crippen LogP contribution in [0.4, 0.5) is 5.82 Å². The quantitative estimate of drug-likeness (QED) is 0.524. The van der Waals surface area contributed by atoms with Crippen LogP contribution in [-0.2, 0) is 4.79 Å². The Labute approximate surface area is 198 Å². The molecular formula is C25H30N6O3. The van der Waals surface area contributed by atoms with Crippen molar-refractivity contribution in [1.82, 2.24) is 25.2 Å². The number of ether oxygens (including phenoxy) is 1. The molecule has 1 fully saturated rings. The number of rotatable bonds is 7. The van der Waals surface area contributed by atoms with Crippen LogP contribution >= 0.6 is 0 Å². The molecule has 2 amide bonds. The Bertz CT molecular complexity index is 1190. The van der Waals surface area contributed by atoms with E-state index in [0.29, 0.717) is 48.8 Å². The van der Waals surface area contributed by atoms with E-state index in [1.54, 1.807) is 12.4 Å². The molecule has 0 aliphatic carbocycles. The van der Waals surface area contributed by atoms with E-state index >= 15 is 0 Å². The SMILES string of the molecule is C=CC(=O)N1CCN(c2cnc3[nH]cc(C(=O)N[C@@H](C)COc4ccccc4)c3n2)CC1(C)C. The van der Waals surface area contributed by atoms with Crippen LogP contribution in [0.5, 0.6) is 5.75 Å². The highest BCUT2D eigenvalue weighted by molar-refractivity contribution is 6.04. The average molecular weight is 463 g/mol. The zero-order chi connectivity index (χ0) is 24.3. The molecular weight excluding hydrogens is 432 g/mol. The standard InChI is InChI=1S/C25H30N6O3/c1-5-21(32)31-12-11-30(16-25(31,3)4)20-14-27-23-22(29-20)19(13-26-23)24(33)28-17(2)15-34-18-9-7-6-8-10-18/h5-10,13-14,17H,1,11-12,15-16H2,2-4H3,(H,26,27)(H,28,33)/t17-/m0/s1. The van der Waals surface area contributed by atoms with Crippen molar-refractivity contribution in [2.75, 3.05) is 31.1 Å². The van der Waals surface area contributed by atoms with Crippen molar-refractivity contribution in [1.29, 1.82) is 0 Å². The van der Waals surface area contributed by atoms with E-state index < -0.39 is 5.54 Å². The van der Waals surface area contributed by atoms with Crippen molar-refractivity contribution in [3.63, 3.8) is 0 Å². The topological polar surface area (TPSA) is 103 Å². The lowest BCUT2D eigenvalue weighted by Crippen LogP contribution is -2.61. The van der Waals surface area contributed by atoms with Gasteiger partial charge in [0.05, 0.1) is 23.3 Å². The third kappa shape index (κ3) is 4.88. The molecule has 1 atom stereocenters. The minimum absolute atomic E-state index is 0.0823. The van der Waals surface area contributed by atoms with E-state index in [9.17, 15) is 9.59 Å². The van der Waals surface area contributed by atoms with E-state index in [2.05, 4.69) is 26.8 Å². The van der Waals surface area contributed by atoms with E-state index in [-0.39, 0.29) is 17.9 Å². The summed E-state index contributed by atoms with van der Waals surface area (Å²) in [5.41, 5.74) is 1.08. The number of aromatic amines is 1. The number of para-hydroxylation sites is 1. The van der Waals surface area contributed by atoms with Gasteiger partial charge in [0.15, 0.2) is 5.65 Å². The summed E-state index contributed by atoms with van der Waals surface area (Å²) in [5, 5.41) is 2.96. The molecule has 9 heteroatoms. The molecule has 1 saturated heterocycles. The summed E-state index contributed by atoms with van der Waals surface area (Å²) in [6.45, 7) is 11.6. The van der Waals surface area contributed by atoms with Crippen LogP contribution in [0.15, 0.2) is 55.4 Å². The molecule has 0 unspecified atom stereocenters. The fourth-order valence-electron chi connectivity index (χ4n) is 4.16. The number of fused-ring (bicyclic) bond motifs is 1. The van der Waals surface area contributed by atoms with E-state index in [1.165, 1.54) is 6.08 Å². The van der Waals surface area contributed by atoms with Gasteiger partial charge < -0.3 is 24.8 Å². The van der Waals surface area contributed by atoms with E-state index in [4.69, 9.17) is 9.72 Å². The first kappa shape index (κ1) is 23.3. The average Bonchev–Trinajstić information content (AvgIpc) is 3.26. The molecule has 34 heavy (non-hydrogen) atoms. The highest BCUT2D eigenvalue weighted by Crippen LogP contribution is 2.26. The van der Waals surface area contributed by atoms with Crippen LogP contribution < -0.4 is 15.0 Å². The Morgan fingerprint density at radius 2 is 2.06 bits per heavy atom. The van der Waals surface area contributed by atoms with Gasteiger partial charge in [-0.1, -0.05) is 24.8 Å². The summed E-state index contributed by atoms with van der Waals surface area (Å²) in [4.78, 5) is 41.3. The number of aromatic nitrogens is 3. The normalized spacial score (nSPS) is 16.2. The van der Waals surface area contributed by atoms with Gasteiger partial charge in [0.25, 0.3) is 5.91 Å². The van der Waals surface area contributed by atoms with Gasteiger partial charge in [-0.3, -0.25) is 9.59 Å². The van der Waals surface area contributed by atoms with Crippen molar-refractivity contribution in [2.24, 2.45) is 0 Å². The second-order valence-electron chi connectivity index (χ2n) is 9.05. The van der Waals surface area contributed by atoms with Gasteiger partial charge in [-0.25, -0.2) is 9.97 Å². The number of nitrogens with one attached hydrogen (secondary N) is 2. The fourth-order valence-corrected chi connectivity index (χ4v) is 4.16. The number of carbonyl (C=O) groups is 2. The molecule has 4 rings (SSSR count). The first-order valence-electron chi connectivity index (χ1n) is 11.3. The Morgan fingerprint density at radius 1 is 1.29 bits per heavy atom. The van der Waals surface area contributed by atoms with Crippen LogP contribution in [-0.4, -0.2) is 69.5 Å². The highest BCUT2D eigenvalue weighted by atomic mass is 16.5. The number of carbonyl (C=O) groups excluding carboxylic acids is 2. The lowest BCUT2D eigenvalue weighted by atomic mass is 9.98. The number of H-pyrrole nitrogens is 1. The molecule has 0 spiro atoms. The first-order valence-corrected chi connectivity index (χ1v) is 11.3. The molecule has 9 nitrogen and oxygen atoms in total. The summed E-state index contributed by atoms with van der Waals surface area (Å²) in [5.74, 6) is 1.09. The van der Waals surface area contributed by atoms with Gasteiger partial charge in [0, 0.05) is 25.8 Å². The van der Waals surface area contributed by atoms with Crippen molar-refractivity contribution in [2.45, 2.75) is 32.4 Å². The fraction of sp³-hybridized carbons (Fsp3) is 0.360. The van der Waals surface area contributed by atoms with Gasteiger partial charge in [-0.05, 0) is 39.0 Å². The monoisotopic (exact) mass is 462 g/mol. The molecule has 2 N–H and O–H groups in total. The number of hydrogen-bond acceptors (Lipinski definition) is 6. The lowest BCUT2D eigenvalue weighted by molar-refractivity contribution is -0.131. The zero-order valence-corrected chi connectivity index (χ0v) is 19.7. The number of benzene rings is 1. The van der Waals surface area contributed by atoms with Gasteiger partial charge in [0.2, 0.25) is 5.91 Å². The predicted octanol–water partition coefficient (Wildman–Crippen LogP) is 2.77. The minimum Gasteiger partial charge on any atom is -0.491 e. The van der Waals surface area contributed by atoms with Crippen LogP contribution in [0.3, 0.4) is 0 Å². The first-order chi connectivity index (χ1) is 16.3. The van der Waals surface area contributed by atoms with Crippen LogP contribution in [0.2, 0.25) is 0 Å². The number of amides is 2. The molecule has 3 heterocycles. The Morgan fingerprint density at radius 3 is 2.76 bits per heavy atom. The largest absolute Gasteiger partial charge is 0.491 e. The van der Waals surface area contributed by atoms with Crippen molar-refractivity contribution < 1.29 is 14.3 Å². The number of anilines is 1. The van der Waals surface area contributed by atoms with Gasteiger partial charge in [0.1, 0.15) is 23.7 Å². The molecule has 0 radical (unpaired) electrons. The van der Waals surface area contributed by atoms with E-state index in [0.717, 1.165) is 5.75 Å². The lowest BCUT2D eigenvalue weighted by Gasteiger charge is -2.47. The number of hydrogen-bond donors (Lipinski definition) is 2. The van der Waals surface area contributed by atoms with Gasteiger partial charge in [-0.2, -0.15) is 0 Å². The molecule has 0 bridgehead atoms. The maximum absolute atomic E-state index is 13.0. The second-order valence-corrected chi connectivity index (χ2v) is 9.05. The maximum Gasteiger partial charge on any atom is 0.255 e. The summed E-state index contributed by atoms with van der Waals surface area (Å²) < 4.78 is 5.73. The molecule has 1 aliphatic rings. The van der Waals surface area contributed by atoms with Crippen molar-refractivity contribution in [3.8, 4) is 5.75 Å². The predicted molar refractivity (Wildman–Crippen MR) is 131 cm³/mol. The van der Waals surface area contributed by atoms with Gasteiger partial charge in [-0.15, -0.1) is 0 Å². The number of nitrogens with zero attached hydrogens (tertiary/aromatic N) is 4. The van der Waals surface area contributed by atoms with E-state index in [1.807, 2.05) is 56.0 Å². The molecule has 2 aromatic heterocycles. The Hall–Kier alpha value is -3.88. The molecule has 3 aromatic rings. The molecule has 1 aliphatic heterocycles. The molecule has 0 saturated carbocycles. The Balaban J connectivity index is 1.46. The van der Waals surface area contributed by atoms with Crippen molar-refractivity contribution >= 4 is 28.8 Å². The smallest absolute Gasteiger partial charge is 0.255 e. The summed E-state index contributed by atoms with van der Waals surface area (Å²) in [7, 11) is 0. The van der Waals surface area contributed by atoms with Gasteiger partial charge >= 0.3 is 0 Å². The summed E-state index contributed by atoms with van der Waals surface area (Å²) >= 11 is 0. The third-order valence-corrected chi connectivity index (χ3v) is 5.90. The summed E-state index contributed by atoms with van der Waals surface area (Å²) in [6.07, 6.45) is 4.66. The second kappa shape index (κ2) is 9.54. The third-order valence-electron chi connectivity index (χ3n) is 5.90. The highest BCUT2D eigenvalue weighted by Gasteiger charge is 2.36. The van der Waals surface area contributed by atoms with Crippen LogP contribution in [0, 0.1) is 0 Å². The minimum atomic E-state index is -0.396. The Kier molecular flexibility index (Phi) is 6.54. The number of piperazine rings is 1. The van der Waals surface area contributed by atoms with Crippen molar-refractivity contribution in [3.05, 3.63) is 60.9 Å². The zero-order valence-electron chi connectivity index (χ0n) is 19.7. The molecule has 178 valence electrons. The maximum atomic E-state index is 13.0.